The van der Waals surface area contributed by atoms with E-state index >= 15 is 0 Å². The van der Waals surface area contributed by atoms with E-state index in [1.807, 2.05) is 41.8 Å². The van der Waals surface area contributed by atoms with Crippen LogP contribution in [-0.2, 0) is 6.61 Å². The number of carbonyl (C=O) groups is 1. The van der Waals surface area contributed by atoms with Crippen LogP contribution in [-0.4, -0.2) is 10.8 Å². The molecule has 3 nitrogen and oxygen atoms in total. The van der Waals surface area contributed by atoms with Crippen LogP contribution in [0.2, 0.25) is 5.02 Å². The second kappa shape index (κ2) is 6.94. The van der Waals surface area contributed by atoms with Crippen LogP contribution in [0, 0.1) is 0 Å². The molecule has 116 valence electrons. The Morgan fingerprint density at radius 3 is 2.83 bits per heavy atom. The lowest BCUT2D eigenvalue weighted by atomic mass is 10.1. The lowest BCUT2D eigenvalue weighted by molar-refractivity contribution is 0.101. The van der Waals surface area contributed by atoms with Crippen LogP contribution in [0.1, 0.15) is 23.0 Å². The summed E-state index contributed by atoms with van der Waals surface area (Å²) in [5.74, 6) is 0.676. The highest BCUT2D eigenvalue weighted by molar-refractivity contribution is 7.13. The maximum Gasteiger partial charge on any atom is 0.159 e. The number of carbonyl (C=O) groups excluding carboxylic acids is 1. The van der Waals surface area contributed by atoms with Gasteiger partial charge in [0, 0.05) is 16.5 Å². The highest BCUT2D eigenvalue weighted by Crippen LogP contribution is 2.30. The number of rotatable bonds is 5. The molecule has 0 aliphatic carbocycles. The van der Waals surface area contributed by atoms with Crippen LogP contribution in [0.5, 0.6) is 5.75 Å². The predicted molar refractivity (Wildman–Crippen MR) is 93.3 cm³/mol. The average molecular weight is 344 g/mol. The molecule has 1 aromatic heterocycles. The minimum atomic E-state index is 0.0186. The zero-order chi connectivity index (χ0) is 16.2. The van der Waals surface area contributed by atoms with E-state index in [2.05, 4.69) is 4.98 Å². The Morgan fingerprint density at radius 2 is 2.04 bits per heavy atom. The van der Waals surface area contributed by atoms with Crippen LogP contribution in [0.4, 0.5) is 0 Å². The van der Waals surface area contributed by atoms with E-state index in [9.17, 15) is 4.79 Å². The van der Waals surface area contributed by atoms with Gasteiger partial charge in [-0.15, -0.1) is 11.3 Å². The monoisotopic (exact) mass is 343 g/mol. The van der Waals surface area contributed by atoms with Crippen molar-refractivity contribution in [3.63, 3.8) is 0 Å². The number of thiazole rings is 1. The normalized spacial score (nSPS) is 10.5. The number of halogens is 1. The Labute approximate surface area is 143 Å². The smallest absolute Gasteiger partial charge is 0.159 e. The van der Waals surface area contributed by atoms with Gasteiger partial charge in [-0.05, 0) is 25.1 Å². The van der Waals surface area contributed by atoms with Crippen molar-refractivity contribution in [2.75, 3.05) is 0 Å². The standard InChI is InChI=1S/C18H14ClNO2S/c1-12(21)13-5-4-6-15(9-13)22-10-14-11-23-18(20-14)16-7-2-3-8-17(16)19/h2-9,11H,10H2,1H3. The van der Waals surface area contributed by atoms with Crippen molar-refractivity contribution in [3.05, 3.63) is 70.2 Å². The number of hydrogen-bond acceptors (Lipinski definition) is 4. The minimum absolute atomic E-state index is 0.0186. The molecule has 2 aromatic carbocycles. The van der Waals surface area contributed by atoms with Crippen LogP contribution >= 0.6 is 22.9 Å². The van der Waals surface area contributed by atoms with Crippen molar-refractivity contribution in [1.82, 2.24) is 4.98 Å². The summed E-state index contributed by atoms with van der Waals surface area (Å²) in [4.78, 5) is 15.9. The fourth-order valence-electron chi connectivity index (χ4n) is 2.09. The third kappa shape index (κ3) is 3.78. The number of nitrogens with zero attached hydrogens (tertiary/aromatic N) is 1. The molecule has 23 heavy (non-hydrogen) atoms. The van der Waals surface area contributed by atoms with Gasteiger partial charge in [0.25, 0.3) is 0 Å². The Bertz CT molecular complexity index is 844. The van der Waals surface area contributed by atoms with Gasteiger partial charge in [-0.2, -0.15) is 0 Å². The quantitative estimate of drug-likeness (QED) is 0.594. The summed E-state index contributed by atoms with van der Waals surface area (Å²) in [5.41, 5.74) is 2.39. The first kappa shape index (κ1) is 15.7. The summed E-state index contributed by atoms with van der Waals surface area (Å²) in [6.07, 6.45) is 0. The van der Waals surface area contributed by atoms with E-state index in [-0.39, 0.29) is 5.78 Å². The molecule has 0 radical (unpaired) electrons. The Kier molecular flexibility index (Phi) is 4.74. The molecule has 3 aromatic rings. The van der Waals surface area contributed by atoms with Crippen molar-refractivity contribution < 1.29 is 9.53 Å². The second-order valence-corrected chi connectivity index (χ2v) is 6.26. The van der Waals surface area contributed by atoms with Crippen molar-refractivity contribution in [3.8, 4) is 16.3 Å². The molecule has 0 aliphatic rings. The van der Waals surface area contributed by atoms with Gasteiger partial charge in [0.1, 0.15) is 17.4 Å². The Balaban J connectivity index is 1.72. The molecule has 0 bridgehead atoms. The summed E-state index contributed by atoms with van der Waals surface area (Å²) in [6, 6.07) is 14.8. The third-order valence-corrected chi connectivity index (χ3v) is 4.54. The van der Waals surface area contributed by atoms with Gasteiger partial charge in [-0.25, -0.2) is 4.98 Å². The molecular formula is C18H14ClNO2S. The van der Waals surface area contributed by atoms with Gasteiger partial charge in [0.15, 0.2) is 5.78 Å². The molecule has 0 fully saturated rings. The number of ether oxygens (including phenoxy) is 1. The van der Waals surface area contributed by atoms with Gasteiger partial charge in [0.05, 0.1) is 10.7 Å². The molecule has 3 rings (SSSR count). The van der Waals surface area contributed by atoms with E-state index in [1.54, 1.807) is 12.1 Å². The van der Waals surface area contributed by atoms with Crippen LogP contribution in [0.3, 0.4) is 0 Å². The van der Waals surface area contributed by atoms with E-state index in [4.69, 9.17) is 16.3 Å². The molecule has 0 atom stereocenters. The molecule has 0 aliphatic heterocycles. The molecule has 0 amide bonds. The van der Waals surface area contributed by atoms with Gasteiger partial charge in [-0.3, -0.25) is 4.79 Å². The minimum Gasteiger partial charge on any atom is -0.487 e. The topological polar surface area (TPSA) is 39.2 Å². The van der Waals surface area contributed by atoms with Crippen molar-refractivity contribution in [2.24, 2.45) is 0 Å². The van der Waals surface area contributed by atoms with E-state index < -0.39 is 0 Å². The van der Waals surface area contributed by atoms with Gasteiger partial charge in [-0.1, -0.05) is 41.9 Å². The molecular weight excluding hydrogens is 330 g/mol. The number of ketones is 1. The molecule has 0 saturated heterocycles. The van der Waals surface area contributed by atoms with Crippen LogP contribution in [0.15, 0.2) is 53.9 Å². The Morgan fingerprint density at radius 1 is 1.22 bits per heavy atom. The first-order valence-corrected chi connectivity index (χ1v) is 8.32. The van der Waals surface area contributed by atoms with Crippen molar-refractivity contribution in [2.45, 2.75) is 13.5 Å². The largest absolute Gasteiger partial charge is 0.487 e. The first-order chi connectivity index (χ1) is 11.1. The number of benzene rings is 2. The van der Waals surface area contributed by atoms with Crippen molar-refractivity contribution >= 4 is 28.7 Å². The molecule has 5 heteroatoms. The molecule has 0 unspecified atom stereocenters. The summed E-state index contributed by atoms with van der Waals surface area (Å²) in [5, 5.41) is 3.50. The summed E-state index contributed by atoms with van der Waals surface area (Å²) in [7, 11) is 0. The SMILES string of the molecule is CC(=O)c1cccc(OCc2csc(-c3ccccc3Cl)n2)c1. The lowest BCUT2D eigenvalue weighted by Gasteiger charge is -2.05. The molecule has 0 spiro atoms. The Hall–Kier alpha value is -2.17. The van der Waals surface area contributed by atoms with Crippen molar-refractivity contribution in [1.29, 1.82) is 0 Å². The average Bonchev–Trinajstić information content (AvgIpc) is 3.02. The summed E-state index contributed by atoms with van der Waals surface area (Å²) >= 11 is 7.72. The zero-order valence-electron chi connectivity index (χ0n) is 12.5. The summed E-state index contributed by atoms with van der Waals surface area (Å²) < 4.78 is 5.72. The molecule has 1 heterocycles. The number of hydrogen-bond donors (Lipinski definition) is 0. The predicted octanol–water partition coefficient (Wildman–Crippen LogP) is 5.25. The summed E-state index contributed by atoms with van der Waals surface area (Å²) in [6.45, 7) is 1.89. The fourth-order valence-corrected chi connectivity index (χ4v) is 3.22. The molecule has 0 saturated carbocycles. The first-order valence-electron chi connectivity index (χ1n) is 7.06. The zero-order valence-corrected chi connectivity index (χ0v) is 14.0. The highest BCUT2D eigenvalue weighted by atomic mass is 35.5. The van der Waals surface area contributed by atoms with Crippen LogP contribution in [0.25, 0.3) is 10.6 Å². The fraction of sp³-hybridized carbons (Fsp3) is 0.111. The second-order valence-electron chi connectivity index (χ2n) is 5.00. The van der Waals surface area contributed by atoms with Crippen LogP contribution < -0.4 is 4.74 Å². The lowest BCUT2D eigenvalue weighted by Crippen LogP contribution is -1.98. The molecule has 0 N–H and O–H groups in total. The number of Topliss-reactive ketones (excluding diaryl/α,β-unsaturated/α-hetero) is 1. The van der Waals surface area contributed by atoms with Gasteiger partial charge < -0.3 is 4.74 Å². The number of aromatic nitrogens is 1. The van der Waals surface area contributed by atoms with E-state index in [0.29, 0.717) is 22.9 Å². The maximum absolute atomic E-state index is 11.4. The maximum atomic E-state index is 11.4. The third-order valence-electron chi connectivity index (χ3n) is 3.28. The van der Waals surface area contributed by atoms with Gasteiger partial charge >= 0.3 is 0 Å². The highest BCUT2D eigenvalue weighted by Gasteiger charge is 2.09. The van der Waals surface area contributed by atoms with E-state index in [0.717, 1.165) is 16.3 Å². The van der Waals surface area contributed by atoms with Gasteiger partial charge in [0.2, 0.25) is 0 Å². The van der Waals surface area contributed by atoms with E-state index in [1.165, 1.54) is 18.3 Å².